The van der Waals surface area contributed by atoms with E-state index in [1.54, 1.807) is 12.4 Å². The number of rotatable bonds is 4. The number of hydrogen-bond acceptors (Lipinski definition) is 3. The normalized spacial score (nSPS) is 15.3. The van der Waals surface area contributed by atoms with Gasteiger partial charge in [-0.05, 0) is 49.3 Å². The average molecular weight is 284 g/mol. The van der Waals surface area contributed by atoms with Crippen LogP contribution in [0.1, 0.15) is 42.5 Å². The van der Waals surface area contributed by atoms with E-state index >= 15 is 0 Å². The summed E-state index contributed by atoms with van der Waals surface area (Å²) in [5, 5.41) is 10.5. The Morgan fingerprint density at radius 3 is 2.90 bits per heavy atom. The first kappa shape index (κ1) is 13.8. The number of nitrogens with one attached hydrogen (secondary N) is 1. The largest absolute Gasteiger partial charge is 0.348 e. The molecular formula is C16H20N4O. The quantitative estimate of drug-likeness (QED) is 0.934. The van der Waals surface area contributed by atoms with Crippen molar-refractivity contribution in [3.63, 3.8) is 0 Å². The number of hydrogen-bond donors (Lipinski definition) is 1. The molecule has 2 aromatic rings. The molecule has 1 atom stereocenters. The number of nitrogens with zero attached hydrogens (tertiary/aromatic N) is 3. The standard InChI is InChI=1S/C16H20N4O/c1-12(18-16(21)11-20-9-8-17-19-20)14-7-6-13-4-2-3-5-15(13)10-14/h6-10,12H,2-5,11H2,1H3,(H,18,21). The number of carbonyl (C=O) groups excluding carboxylic acids is 1. The molecule has 0 bridgehead atoms. The van der Waals surface area contributed by atoms with E-state index in [0.717, 1.165) is 6.42 Å². The van der Waals surface area contributed by atoms with Crippen molar-refractivity contribution in [2.24, 2.45) is 0 Å². The van der Waals surface area contributed by atoms with E-state index in [1.165, 1.54) is 40.6 Å². The van der Waals surface area contributed by atoms with Gasteiger partial charge in [0.25, 0.3) is 0 Å². The van der Waals surface area contributed by atoms with Gasteiger partial charge < -0.3 is 5.32 Å². The Bertz CT molecular complexity index is 621. The van der Waals surface area contributed by atoms with Crippen LogP contribution < -0.4 is 5.32 Å². The molecule has 0 aliphatic heterocycles. The average Bonchev–Trinajstić information content (AvgIpc) is 2.99. The van der Waals surface area contributed by atoms with Crippen molar-refractivity contribution in [3.05, 3.63) is 47.3 Å². The Hall–Kier alpha value is -2.17. The van der Waals surface area contributed by atoms with Gasteiger partial charge in [-0.3, -0.25) is 4.79 Å². The Kier molecular flexibility index (Phi) is 3.99. The van der Waals surface area contributed by atoms with Crippen molar-refractivity contribution in [3.8, 4) is 0 Å². The second-order valence-corrected chi connectivity index (χ2v) is 5.63. The van der Waals surface area contributed by atoms with E-state index in [0.29, 0.717) is 0 Å². The van der Waals surface area contributed by atoms with Crippen LogP contribution in [-0.2, 0) is 24.2 Å². The second kappa shape index (κ2) is 6.08. The van der Waals surface area contributed by atoms with Crippen LogP contribution in [0, 0.1) is 0 Å². The summed E-state index contributed by atoms with van der Waals surface area (Å²) in [6.07, 6.45) is 8.15. The van der Waals surface area contributed by atoms with E-state index in [9.17, 15) is 4.79 Å². The minimum atomic E-state index is -0.0503. The second-order valence-electron chi connectivity index (χ2n) is 5.63. The summed E-state index contributed by atoms with van der Waals surface area (Å²) in [4.78, 5) is 12.0. The fraction of sp³-hybridized carbons (Fsp3) is 0.438. The lowest BCUT2D eigenvalue weighted by molar-refractivity contribution is -0.122. The van der Waals surface area contributed by atoms with Gasteiger partial charge in [0.1, 0.15) is 6.54 Å². The lowest BCUT2D eigenvalue weighted by Gasteiger charge is -2.20. The number of aromatic nitrogens is 3. The molecule has 0 spiro atoms. The molecule has 21 heavy (non-hydrogen) atoms. The predicted octanol–water partition coefficient (Wildman–Crippen LogP) is 2.03. The van der Waals surface area contributed by atoms with Crippen LogP contribution in [0.25, 0.3) is 0 Å². The van der Waals surface area contributed by atoms with Crippen LogP contribution in [0.15, 0.2) is 30.6 Å². The minimum absolute atomic E-state index is 0.00764. The van der Waals surface area contributed by atoms with Gasteiger partial charge in [0.2, 0.25) is 5.91 Å². The van der Waals surface area contributed by atoms with Gasteiger partial charge in [-0.2, -0.15) is 0 Å². The Labute approximate surface area is 124 Å². The maximum Gasteiger partial charge on any atom is 0.242 e. The third kappa shape index (κ3) is 3.29. The highest BCUT2D eigenvalue weighted by atomic mass is 16.2. The summed E-state index contributed by atoms with van der Waals surface area (Å²) in [6.45, 7) is 2.22. The van der Waals surface area contributed by atoms with Crippen LogP contribution in [-0.4, -0.2) is 20.9 Å². The van der Waals surface area contributed by atoms with Gasteiger partial charge in [-0.25, -0.2) is 4.68 Å². The first-order valence-electron chi connectivity index (χ1n) is 7.47. The van der Waals surface area contributed by atoms with Gasteiger partial charge in [0.15, 0.2) is 0 Å². The summed E-state index contributed by atoms with van der Waals surface area (Å²) >= 11 is 0. The van der Waals surface area contributed by atoms with Crippen molar-refractivity contribution in [1.82, 2.24) is 20.3 Å². The number of carbonyl (C=O) groups is 1. The molecule has 1 amide bonds. The highest BCUT2D eigenvalue weighted by Crippen LogP contribution is 2.24. The van der Waals surface area contributed by atoms with E-state index in [-0.39, 0.29) is 18.5 Å². The SMILES string of the molecule is CC(NC(=O)Cn1ccnn1)c1ccc2c(c1)CCCC2. The Morgan fingerprint density at radius 1 is 1.33 bits per heavy atom. The van der Waals surface area contributed by atoms with E-state index in [4.69, 9.17) is 0 Å². The van der Waals surface area contributed by atoms with Gasteiger partial charge in [0.05, 0.1) is 12.2 Å². The molecule has 1 aromatic heterocycles. The van der Waals surface area contributed by atoms with Crippen molar-refractivity contribution in [1.29, 1.82) is 0 Å². The van der Waals surface area contributed by atoms with Crippen molar-refractivity contribution >= 4 is 5.91 Å². The summed E-state index contributed by atoms with van der Waals surface area (Å²) in [5.74, 6) is -0.0503. The van der Waals surface area contributed by atoms with Crippen molar-refractivity contribution < 1.29 is 4.79 Å². The molecule has 0 radical (unpaired) electrons. The first-order chi connectivity index (χ1) is 10.2. The van der Waals surface area contributed by atoms with Gasteiger partial charge in [-0.1, -0.05) is 23.4 Å². The molecule has 5 heteroatoms. The molecule has 0 saturated heterocycles. The van der Waals surface area contributed by atoms with Gasteiger partial charge >= 0.3 is 0 Å². The number of aryl methyl sites for hydroxylation is 2. The summed E-state index contributed by atoms with van der Waals surface area (Å²) < 4.78 is 1.52. The number of fused-ring (bicyclic) bond motifs is 1. The highest BCUT2D eigenvalue weighted by molar-refractivity contribution is 5.76. The topological polar surface area (TPSA) is 59.8 Å². The fourth-order valence-electron chi connectivity index (χ4n) is 2.86. The van der Waals surface area contributed by atoms with Gasteiger partial charge in [0, 0.05) is 6.20 Å². The van der Waals surface area contributed by atoms with Crippen LogP contribution in [0.2, 0.25) is 0 Å². The minimum Gasteiger partial charge on any atom is -0.348 e. The zero-order valence-corrected chi connectivity index (χ0v) is 12.2. The summed E-state index contributed by atoms with van der Waals surface area (Å²) in [5.41, 5.74) is 4.07. The van der Waals surface area contributed by atoms with Crippen LogP contribution >= 0.6 is 0 Å². The highest BCUT2D eigenvalue weighted by Gasteiger charge is 2.14. The van der Waals surface area contributed by atoms with Crippen molar-refractivity contribution in [2.75, 3.05) is 0 Å². The molecule has 1 heterocycles. The molecule has 1 N–H and O–H groups in total. The van der Waals surface area contributed by atoms with Crippen LogP contribution in [0.5, 0.6) is 0 Å². The third-order valence-electron chi connectivity index (χ3n) is 4.03. The molecule has 1 unspecified atom stereocenters. The van der Waals surface area contributed by atoms with E-state index < -0.39 is 0 Å². The summed E-state index contributed by atoms with van der Waals surface area (Å²) in [6, 6.07) is 6.59. The van der Waals surface area contributed by atoms with Gasteiger partial charge in [-0.15, -0.1) is 5.10 Å². The fourth-order valence-corrected chi connectivity index (χ4v) is 2.86. The monoisotopic (exact) mass is 284 g/mol. The molecule has 1 aromatic carbocycles. The molecule has 1 aliphatic carbocycles. The molecule has 1 aliphatic rings. The first-order valence-corrected chi connectivity index (χ1v) is 7.47. The number of amides is 1. The van der Waals surface area contributed by atoms with Crippen molar-refractivity contribution in [2.45, 2.75) is 45.2 Å². The molecule has 0 saturated carbocycles. The maximum absolute atomic E-state index is 12.0. The lowest BCUT2D eigenvalue weighted by atomic mass is 9.89. The predicted molar refractivity (Wildman–Crippen MR) is 79.7 cm³/mol. The summed E-state index contributed by atoms with van der Waals surface area (Å²) in [7, 11) is 0. The third-order valence-corrected chi connectivity index (χ3v) is 4.03. The smallest absolute Gasteiger partial charge is 0.242 e. The molecule has 3 rings (SSSR count). The molecular weight excluding hydrogens is 264 g/mol. The maximum atomic E-state index is 12.0. The number of benzene rings is 1. The zero-order chi connectivity index (χ0) is 14.7. The molecule has 0 fully saturated rings. The van der Waals surface area contributed by atoms with E-state index in [2.05, 4.69) is 33.8 Å². The Morgan fingerprint density at radius 2 is 2.14 bits per heavy atom. The molecule has 110 valence electrons. The van der Waals surface area contributed by atoms with E-state index in [1.807, 2.05) is 6.92 Å². The molecule has 5 nitrogen and oxygen atoms in total. The van der Waals surface area contributed by atoms with Crippen LogP contribution in [0.3, 0.4) is 0 Å². The zero-order valence-electron chi connectivity index (χ0n) is 12.2. The lowest BCUT2D eigenvalue weighted by Crippen LogP contribution is -2.30. The Balaban J connectivity index is 1.64. The van der Waals surface area contributed by atoms with Crippen LogP contribution in [0.4, 0.5) is 0 Å².